The molecule has 0 bridgehead atoms. The number of hydrogen-bond donors (Lipinski definition) is 2. The molecule has 2 N–H and O–H groups in total. The third-order valence-corrected chi connectivity index (χ3v) is 8.37. The lowest BCUT2D eigenvalue weighted by Crippen LogP contribution is -2.46. The van der Waals surface area contributed by atoms with Crippen molar-refractivity contribution in [1.29, 1.82) is 0 Å². The van der Waals surface area contributed by atoms with Crippen molar-refractivity contribution >= 4 is 17.3 Å². The number of hydrogen-bond acceptors (Lipinski definition) is 6. The van der Waals surface area contributed by atoms with E-state index in [0.717, 1.165) is 54.1 Å². The molecule has 0 radical (unpaired) electrons. The summed E-state index contributed by atoms with van der Waals surface area (Å²) in [4.78, 5) is 2.44. The van der Waals surface area contributed by atoms with Crippen LogP contribution in [0.1, 0.15) is 47.9 Å². The van der Waals surface area contributed by atoms with Crippen LogP contribution in [0.2, 0.25) is 5.02 Å². The molecule has 1 saturated heterocycles. The summed E-state index contributed by atoms with van der Waals surface area (Å²) in [6.45, 7) is 1.54. The van der Waals surface area contributed by atoms with E-state index in [0.29, 0.717) is 17.9 Å². The Kier molecular flexibility index (Phi) is 6.87. The molecule has 1 aliphatic carbocycles. The lowest BCUT2D eigenvalue weighted by Gasteiger charge is -2.42. The van der Waals surface area contributed by atoms with Gasteiger partial charge in [-0.3, -0.25) is 0 Å². The second-order valence-electron chi connectivity index (χ2n) is 10.9. The smallest absolute Gasteiger partial charge is 0.197 e. The normalized spacial score (nSPS) is 25.6. The number of fused-ring (bicyclic) bond motifs is 1. The van der Waals surface area contributed by atoms with E-state index in [1.807, 2.05) is 24.3 Å². The second kappa shape index (κ2) is 10.2. The zero-order valence-electron chi connectivity index (χ0n) is 21.6. The van der Waals surface area contributed by atoms with E-state index < -0.39 is 18.0 Å². The summed E-state index contributed by atoms with van der Waals surface area (Å²) in [6.07, 6.45) is 2.34. The fraction of sp³-hybridized carbons (Fsp3) is 0.419. The van der Waals surface area contributed by atoms with Gasteiger partial charge in [-0.05, 0) is 60.2 Å². The molecular formula is C31H34ClNO5. The number of aliphatic hydroxyl groups is 2. The maximum Gasteiger partial charge on any atom is 0.197 e. The molecule has 6 rings (SSSR count). The van der Waals surface area contributed by atoms with Crippen LogP contribution in [0.3, 0.4) is 0 Å². The van der Waals surface area contributed by atoms with E-state index in [1.165, 1.54) is 5.56 Å². The standard InChI is InChI=1S/C31H34ClNO5/c1-36-31(17-25(35)16-26(19-34)37-31)24-8-9-27(32)23(15-24)13-22-7-10-29-28(14-22)33(20-30(38-29)11-12-30)18-21-5-3-2-4-6-21/h2-10,14-15,25-26,34-35H,11-13,16-20H2,1H3. The summed E-state index contributed by atoms with van der Waals surface area (Å²) in [6, 6.07) is 22.7. The Balaban J connectivity index is 1.29. The van der Waals surface area contributed by atoms with Gasteiger partial charge in [-0.15, -0.1) is 0 Å². The van der Waals surface area contributed by atoms with Gasteiger partial charge in [-0.1, -0.05) is 54.1 Å². The number of benzene rings is 3. The quantitative estimate of drug-likeness (QED) is 0.434. The molecule has 1 spiro atoms. The average molecular weight is 536 g/mol. The first-order chi connectivity index (χ1) is 18.4. The highest BCUT2D eigenvalue weighted by molar-refractivity contribution is 6.31. The summed E-state index contributed by atoms with van der Waals surface area (Å²) < 4.78 is 18.4. The van der Waals surface area contributed by atoms with E-state index in [-0.39, 0.29) is 18.6 Å². The Morgan fingerprint density at radius 1 is 1.05 bits per heavy atom. The lowest BCUT2D eigenvalue weighted by molar-refractivity contribution is -0.298. The highest BCUT2D eigenvalue weighted by Gasteiger charge is 2.50. The molecule has 3 atom stereocenters. The molecule has 3 aromatic carbocycles. The van der Waals surface area contributed by atoms with Crippen molar-refractivity contribution in [2.75, 3.05) is 25.2 Å². The zero-order chi connectivity index (χ0) is 26.3. The molecule has 6 nitrogen and oxygen atoms in total. The van der Waals surface area contributed by atoms with Crippen LogP contribution in [0.4, 0.5) is 5.69 Å². The van der Waals surface area contributed by atoms with Crippen molar-refractivity contribution in [3.63, 3.8) is 0 Å². The lowest BCUT2D eigenvalue weighted by atomic mass is 9.90. The molecule has 3 unspecified atom stereocenters. The molecule has 2 aliphatic heterocycles. The monoisotopic (exact) mass is 535 g/mol. The van der Waals surface area contributed by atoms with Gasteiger partial charge in [0.2, 0.25) is 0 Å². The number of nitrogens with zero attached hydrogens (tertiary/aromatic N) is 1. The minimum Gasteiger partial charge on any atom is -0.483 e. The summed E-state index contributed by atoms with van der Waals surface area (Å²) >= 11 is 6.68. The van der Waals surface area contributed by atoms with Crippen molar-refractivity contribution in [2.24, 2.45) is 0 Å². The van der Waals surface area contributed by atoms with E-state index in [1.54, 1.807) is 7.11 Å². The summed E-state index contributed by atoms with van der Waals surface area (Å²) in [7, 11) is 1.57. The Morgan fingerprint density at radius 3 is 2.61 bits per heavy atom. The average Bonchev–Trinajstić information content (AvgIpc) is 3.68. The number of aliphatic hydroxyl groups excluding tert-OH is 2. The fourth-order valence-electron chi connectivity index (χ4n) is 5.83. The van der Waals surface area contributed by atoms with Gasteiger partial charge in [0.15, 0.2) is 5.79 Å². The van der Waals surface area contributed by atoms with Crippen LogP contribution in [-0.4, -0.2) is 48.3 Å². The van der Waals surface area contributed by atoms with Gasteiger partial charge >= 0.3 is 0 Å². The first-order valence-corrected chi connectivity index (χ1v) is 13.7. The van der Waals surface area contributed by atoms with Crippen LogP contribution >= 0.6 is 11.6 Å². The topological polar surface area (TPSA) is 71.4 Å². The van der Waals surface area contributed by atoms with Gasteiger partial charge in [0.05, 0.1) is 31.0 Å². The number of rotatable bonds is 7. The van der Waals surface area contributed by atoms with Gasteiger partial charge in [0.25, 0.3) is 0 Å². The van der Waals surface area contributed by atoms with E-state index in [2.05, 4.69) is 47.4 Å². The highest BCUT2D eigenvalue weighted by Crippen LogP contribution is 2.49. The molecule has 200 valence electrons. The number of anilines is 1. The van der Waals surface area contributed by atoms with Crippen LogP contribution in [-0.2, 0) is 28.2 Å². The zero-order valence-corrected chi connectivity index (χ0v) is 22.4. The Morgan fingerprint density at radius 2 is 1.87 bits per heavy atom. The van der Waals surface area contributed by atoms with Crippen molar-refractivity contribution in [2.45, 2.75) is 62.2 Å². The van der Waals surface area contributed by atoms with E-state index >= 15 is 0 Å². The molecule has 2 heterocycles. The fourth-order valence-corrected chi connectivity index (χ4v) is 6.01. The Hall–Kier alpha value is -2.61. The first-order valence-electron chi connectivity index (χ1n) is 13.3. The summed E-state index contributed by atoms with van der Waals surface area (Å²) in [5, 5.41) is 20.8. The van der Waals surface area contributed by atoms with Crippen LogP contribution in [0.15, 0.2) is 66.7 Å². The molecule has 0 amide bonds. The number of ether oxygens (including phenoxy) is 3. The van der Waals surface area contributed by atoms with Crippen molar-refractivity contribution in [3.05, 3.63) is 94.0 Å². The second-order valence-corrected chi connectivity index (χ2v) is 11.3. The van der Waals surface area contributed by atoms with Gasteiger partial charge in [0.1, 0.15) is 11.4 Å². The molecule has 2 fully saturated rings. The van der Waals surface area contributed by atoms with Crippen molar-refractivity contribution < 1.29 is 24.4 Å². The minimum absolute atomic E-state index is 0.0492. The molecule has 3 aromatic rings. The molecule has 1 saturated carbocycles. The van der Waals surface area contributed by atoms with Gasteiger partial charge in [-0.2, -0.15) is 0 Å². The third-order valence-electron chi connectivity index (χ3n) is 8.00. The van der Waals surface area contributed by atoms with Crippen LogP contribution < -0.4 is 9.64 Å². The molecule has 7 heteroatoms. The molecular weight excluding hydrogens is 502 g/mol. The van der Waals surface area contributed by atoms with Crippen molar-refractivity contribution in [3.8, 4) is 5.75 Å². The van der Waals surface area contributed by atoms with E-state index in [4.69, 9.17) is 25.8 Å². The summed E-state index contributed by atoms with van der Waals surface area (Å²) in [5.74, 6) is -0.203. The van der Waals surface area contributed by atoms with Gasteiger partial charge < -0.3 is 29.3 Å². The molecule has 38 heavy (non-hydrogen) atoms. The predicted molar refractivity (Wildman–Crippen MR) is 147 cm³/mol. The highest BCUT2D eigenvalue weighted by atomic mass is 35.5. The SMILES string of the molecule is COC1(c2ccc(Cl)c(Cc3ccc4c(c3)N(Cc3ccccc3)CC3(CC3)O4)c2)CC(O)CC(CO)O1. The van der Waals surface area contributed by atoms with Crippen LogP contribution in [0.5, 0.6) is 5.75 Å². The minimum atomic E-state index is -1.14. The number of halogens is 1. The first kappa shape index (κ1) is 25.7. The van der Waals surface area contributed by atoms with Gasteiger partial charge in [-0.25, -0.2) is 0 Å². The third kappa shape index (κ3) is 5.04. The van der Waals surface area contributed by atoms with E-state index in [9.17, 15) is 10.2 Å². The molecule has 0 aromatic heterocycles. The maximum absolute atomic E-state index is 10.5. The molecule has 3 aliphatic rings. The maximum atomic E-state index is 10.5. The van der Waals surface area contributed by atoms with Gasteiger partial charge in [0, 0.05) is 37.1 Å². The number of methoxy groups -OCH3 is 1. The van der Waals surface area contributed by atoms with Crippen molar-refractivity contribution in [1.82, 2.24) is 0 Å². The van der Waals surface area contributed by atoms with Crippen LogP contribution in [0, 0.1) is 0 Å². The Bertz CT molecular complexity index is 1300. The van der Waals surface area contributed by atoms with Crippen LogP contribution in [0.25, 0.3) is 0 Å². The summed E-state index contributed by atoms with van der Waals surface area (Å²) in [5.41, 5.74) is 5.17. The largest absolute Gasteiger partial charge is 0.483 e. The predicted octanol–water partition coefficient (Wildman–Crippen LogP) is 5.19. The Labute approximate surface area is 228 Å².